The Morgan fingerprint density at radius 2 is 1.75 bits per heavy atom. The van der Waals surface area contributed by atoms with Gasteiger partial charge in [-0.15, -0.1) is 0 Å². The van der Waals surface area contributed by atoms with Gasteiger partial charge in [-0.2, -0.15) is 0 Å². The largest absolute Gasteiger partial charge is 0.460 e. The predicted octanol–water partition coefficient (Wildman–Crippen LogP) is 3.05. The third kappa shape index (κ3) is 8.72. The first-order valence-corrected chi connectivity index (χ1v) is 6.54. The molecule has 0 bridgehead atoms. The van der Waals surface area contributed by atoms with Crippen LogP contribution in [0, 0.1) is 0 Å². The molecule has 0 fully saturated rings. The fraction of sp³-hybridized carbons (Fsp3) is 0.923. The van der Waals surface area contributed by atoms with Crippen LogP contribution in [0.25, 0.3) is 0 Å². The standard InChI is InChI=1S/C13H26O3/c1-3-5-6-7-8-9-10-12(11-14)16-13(15)4-2/h12,14H,3-11H2,1-2H3. The van der Waals surface area contributed by atoms with E-state index in [0.29, 0.717) is 6.42 Å². The first-order valence-electron chi connectivity index (χ1n) is 6.54. The molecule has 0 spiro atoms. The average molecular weight is 230 g/mol. The maximum absolute atomic E-state index is 11.0. The number of unbranched alkanes of at least 4 members (excludes halogenated alkanes) is 5. The van der Waals surface area contributed by atoms with Crippen LogP contribution in [0.15, 0.2) is 0 Å². The van der Waals surface area contributed by atoms with Crippen LogP contribution in [0.2, 0.25) is 0 Å². The van der Waals surface area contributed by atoms with Gasteiger partial charge >= 0.3 is 5.97 Å². The lowest BCUT2D eigenvalue weighted by Gasteiger charge is -2.14. The van der Waals surface area contributed by atoms with E-state index < -0.39 is 0 Å². The molecule has 1 unspecified atom stereocenters. The summed E-state index contributed by atoms with van der Waals surface area (Å²) < 4.78 is 5.09. The highest BCUT2D eigenvalue weighted by molar-refractivity contribution is 5.69. The molecule has 0 aliphatic carbocycles. The summed E-state index contributed by atoms with van der Waals surface area (Å²) in [4.78, 5) is 11.0. The molecule has 1 N–H and O–H groups in total. The summed E-state index contributed by atoms with van der Waals surface area (Å²) in [6.45, 7) is 3.91. The van der Waals surface area contributed by atoms with Crippen LogP contribution in [-0.2, 0) is 9.53 Å². The number of aliphatic hydroxyl groups excluding tert-OH is 1. The smallest absolute Gasteiger partial charge is 0.305 e. The van der Waals surface area contributed by atoms with Crippen LogP contribution < -0.4 is 0 Å². The predicted molar refractivity (Wildman–Crippen MR) is 65.2 cm³/mol. The molecule has 1 atom stereocenters. The van der Waals surface area contributed by atoms with Gasteiger partial charge in [0.25, 0.3) is 0 Å². The quantitative estimate of drug-likeness (QED) is 0.463. The molecule has 0 amide bonds. The van der Waals surface area contributed by atoms with Crippen molar-refractivity contribution >= 4 is 5.97 Å². The Morgan fingerprint density at radius 3 is 2.31 bits per heavy atom. The lowest BCUT2D eigenvalue weighted by molar-refractivity contribution is -0.151. The van der Waals surface area contributed by atoms with Gasteiger partial charge in [0.1, 0.15) is 6.10 Å². The molecule has 3 nitrogen and oxygen atoms in total. The Morgan fingerprint density at radius 1 is 1.12 bits per heavy atom. The normalized spacial score (nSPS) is 12.4. The van der Waals surface area contributed by atoms with Crippen molar-refractivity contribution < 1.29 is 14.6 Å². The Labute approximate surface area is 99.2 Å². The highest BCUT2D eigenvalue weighted by atomic mass is 16.5. The van der Waals surface area contributed by atoms with E-state index in [1.165, 1.54) is 32.1 Å². The van der Waals surface area contributed by atoms with E-state index in [9.17, 15) is 4.79 Å². The van der Waals surface area contributed by atoms with E-state index in [-0.39, 0.29) is 18.7 Å². The molecular weight excluding hydrogens is 204 g/mol. The number of hydrogen-bond acceptors (Lipinski definition) is 3. The second-order valence-corrected chi connectivity index (χ2v) is 4.20. The van der Waals surface area contributed by atoms with Crippen LogP contribution in [-0.4, -0.2) is 23.8 Å². The summed E-state index contributed by atoms with van der Waals surface area (Å²) in [6.07, 6.45) is 8.16. The minimum atomic E-state index is -0.293. The summed E-state index contributed by atoms with van der Waals surface area (Å²) in [5, 5.41) is 9.03. The van der Waals surface area contributed by atoms with Crippen LogP contribution in [0.4, 0.5) is 0 Å². The summed E-state index contributed by atoms with van der Waals surface area (Å²) in [7, 11) is 0. The highest BCUT2D eigenvalue weighted by Crippen LogP contribution is 2.10. The molecule has 0 aromatic rings. The third-order valence-electron chi connectivity index (χ3n) is 2.67. The van der Waals surface area contributed by atoms with E-state index in [4.69, 9.17) is 9.84 Å². The van der Waals surface area contributed by atoms with E-state index in [0.717, 1.165) is 12.8 Å². The lowest BCUT2D eigenvalue weighted by Crippen LogP contribution is -2.21. The molecule has 0 heterocycles. The summed E-state index contributed by atoms with van der Waals surface area (Å²) in [5.74, 6) is -0.218. The molecule has 0 saturated heterocycles. The molecular formula is C13H26O3. The van der Waals surface area contributed by atoms with Gasteiger partial charge in [0.05, 0.1) is 6.61 Å². The molecule has 0 aromatic carbocycles. The zero-order valence-electron chi connectivity index (χ0n) is 10.7. The van der Waals surface area contributed by atoms with Crippen LogP contribution in [0.5, 0.6) is 0 Å². The summed E-state index contributed by atoms with van der Waals surface area (Å²) >= 11 is 0. The van der Waals surface area contributed by atoms with Gasteiger partial charge in [0, 0.05) is 6.42 Å². The Bertz CT molecular complexity index is 169. The van der Waals surface area contributed by atoms with Gasteiger partial charge < -0.3 is 9.84 Å². The second kappa shape index (κ2) is 10.9. The highest BCUT2D eigenvalue weighted by Gasteiger charge is 2.11. The topological polar surface area (TPSA) is 46.5 Å². The van der Waals surface area contributed by atoms with E-state index in [2.05, 4.69) is 6.92 Å². The molecule has 96 valence electrons. The van der Waals surface area contributed by atoms with Crippen molar-refractivity contribution in [2.75, 3.05) is 6.61 Å². The molecule has 16 heavy (non-hydrogen) atoms. The van der Waals surface area contributed by atoms with E-state index >= 15 is 0 Å². The van der Waals surface area contributed by atoms with Gasteiger partial charge in [0.15, 0.2) is 0 Å². The number of esters is 1. The number of ether oxygens (including phenoxy) is 1. The minimum absolute atomic E-state index is 0.0549. The average Bonchev–Trinajstić information content (AvgIpc) is 2.31. The van der Waals surface area contributed by atoms with Crippen molar-refractivity contribution in [2.45, 2.75) is 71.3 Å². The number of carbonyl (C=O) groups excluding carboxylic acids is 1. The van der Waals surface area contributed by atoms with Crippen molar-refractivity contribution in [3.05, 3.63) is 0 Å². The monoisotopic (exact) mass is 230 g/mol. The fourth-order valence-electron chi connectivity index (χ4n) is 1.61. The Kier molecular flexibility index (Phi) is 10.5. The van der Waals surface area contributed by atoms with Gasteiger partial charge in [0.2, 0.25) is 0 Å². The maximum atomic E-state index is 11.0. The number of aliphatic hydroxyl groups is 1. The second-order valence-electron chi connectivity index (χ2n) is 4.20. The van der Waals surface area contributed by atoms with E-state index in [1.54, 1.807) is 6.92 Å². The molecule has 0 saturated carbocycles. The number of hydrogen-bond donors (Lipinski definition) is 1. The van der Waals surface area contributed by atoms with Gasteiger partial charge in [-0.05, 0) is 12.8 Å². The minimum Gasteiger partial charge on any atom is -0.460 e. The van der Waals surface area contributed by atoms with Crippen LogP contribution in [0.1, 0.15) is 65.2 Å². The number of rotatable bonds is 10. The first-order chi connectivity index (χ1) is 7.74. The molecule has 0 rings (SSSR count). The lowest BCUT2D eigenvalue weighted by atomic mass is 10.1. The molecule has 0 radical (unpaired) electrons. The van der Waals surface area contributed by atoms with E-state index in [1.807, 2.05) is 0 Å². The van der Waals surface area contributed by atoms with Gasteiger partial charge in [-0.3, -0.25) is 4.79 Å². The van der Waals surface area contributed by atoms with Crippen molar-refractivity contribution in [3.63, 3.8) is 0 Å². The van der Waals surface area contributed by atoms with Gasteiger partial charge in [-0.1, -0.05) is 46.0 Å². The number of carbonyl (C=O) groups is 1. The third-order valence-corrected chi connectivity index (χ3v) is 2.67. The molecule has 3 heteroatoms. The molecule has 0 aliphatic heterocycles. The summed E-state index contributed by atoms with van der Waals surface area (Å²) in [5.41, 5.74) is 0. The summed E-state index contributed by atoms with van der Waals surface area (Å²) in [6, 6.07) is 0. The van der Waals surface area contributed by atoms with Crippen molar-refractivity contribution in [3.8, 4) is 0 Å². The fourth-order valence-corrected chi connectivity index (χ4v) is 1.61. The molecule has 0 aromatic heterocycles. The Balaban J connectivity index is 3.44. The zero-order valence-corrected chi connectivity index (χ0v) is 10.7. The van der Waals surface area contributed by atoms with Crippen LogP contribution in [0.3, 0.4) is 0 Å². The maximum Gasteiger partial charge on any atom is 0.305 e. The van der Waals surface area contributed by atoms with Crippen molar-refractivity contribution in [2.24, 2.45) is 0 Å². The Hall–Kier alpha value is -0.570. The van der Waals surface area contributed by atoms with Gasteiger partial charge in [-0.25, -0.2) is 0 Å². The van der Waals surface area contributed by atoms with Crippen molar-refractivity contribution in [1.29, 1.82) is 0 Å². The molecule has 0 aliphatic rings. The SMILES string of the molecule is CCCCCCCCC(CO)OC(=O)CC. The first kappa shape index (κ1) is 15.4. The van der Waals surface area contributed by atoms with Crippen LogP contribution >= 0.6 is 0 Å². The zero-order chi connectivity index (χ0) is 12.2. The van der Waals surface area contributed by atoms with Crippen molar-refractivity contribution in [1.82, 2.24) is 0 Å².